The zero-order chi connectivity index (χ0) is 21.3. The lowest BCUT2D eigenvalue weighted by Crippen LogP contribution is -2.40. The van der Waals surface area contributed by atoms with Crippen molar-refractivity contribution in [3.8, 4) is 0 Å². The van der Waals surface area contributed by atoms with Crippen LogP contribution in [0.3, 0.4) is 0 Å². The Morgan fingerprint density at radius 1 is 1.03 bits per heavy atom. The van der Waals surface area contributed by atoms with Crippen LogP contribution in [0.2, 0.25) is 0 Å². The largest absolute Gasteiger partial charge is 0.370 e. The van der Waals surface area contributed by atoms with E-state index in [1.54, 1.807) is 23.8 Å². The summed E-state index contributed by atoms with van der Waals surface area (Å²) >= 11 is 0. The summed E-state index contributed by atoms with van der Waals surface area (Å²) in [6.45, 7) is 8.62. The Morgan fingerprint density at radius 3 is 2.47 bits per heavy atom. The molecule has 0 aliphatic carbocycles. The van der Waals surface area contributed by atoms with E-state index >= 15 is 0 Å². The Labute approximate surface area is 180 Å². The predicted molar refractivity (Wildman–Crippen MR) is 120 cm³/mol. The third-order valence-corrected chi connectivity index (χ3v) is 7.22. The van der Waals surface area contributed by atoms with E-state index < -0.39 is 0 Å². The number of nitrogens with one attached hydrogen (secondary N) is 1. The minimum Gasteiger partial charge on any atom is -0.370 e. The van der Waals surface area contributed by atoms with Crippen molar-refractivity contribution in [2.24, 2.45) is 0 Å². The first-order valence-electron chi connectivity index (χ1n) is 11.3. The van der Waals surface area contributed by atoms with Crippen LogP contribution in [0.1, 0.15) is 39.5 Å². The summed E-state index contributed by atoms with van der Waals surface area (Å²) in [5, 5.41) is 3.01. The minimum absolute atomic E-state index is 0.0428. The Bertz CT molecular complexity index is 767. The van der Waals surface area contributed by atoms with Gasteiger partial charge in [-0.3, -0.25) is 9.69 Å². The van der Waals surface area contributed by atoms with E-state index in [4.69, 9.17) is 0 Å². The summed E-state index contributed by atoms with van der Waals surface area (Å²) in [4.78, 5) is 32.8. The summed E-state index contributed by atoms with van der Waals surface area (Å²) in [5.41, 5.74) is 2.04. The first kappa shape index (κ1) is 21.0. The minimum atomic E-state index is -0.0912. The lowest BCUT2D eigenvalue weighted by atomic mass is 10.2. The van der Waals surface area contributed by atoms with Gasteiger partial charge in [-0.15, -0.1) is 0 Å². The molecule has 1 aromatic rings. The second-order valence-electron chi connectivity index (χ2n) is 9.11. The van der Waals surface area contributed by atoms with Gasteiger partial charge in [0.1, 0.15) is 0 Å². The number of anilines is 2. The topological polar surface area (TPSA) is 59.1 Å². The van der Waals surface area contributed by atoms with Crippen molar-refractivity contribution in [3.05, 3.63) is 24.3 Å². The van der Waals surface area contributed by atoms with E-state index in [-0.39, 0.29) is 18.0 Å². The van der Waals surface area contributed by atoms with Gasteiger partial charge in [0.2, 0.25) is 5.91 Å². The zero-order valence-corrected chi connectivity index (χ0v) is 18.5. The summed E-state index contributed by atoms with van der Waals surface area (Å²) in [7, 11) is 1.81. The van der Waals surface area contributed by atoms with Gasteiger partial charge in [-0.1, -0.05) is 0 Å². The molecule has 3 saturated heterocycles. The maximum atomic E-state index is 12.6. The molecule has 30 heavy (non-hydrogen) atoms. The maximum Gasteiger partial charge on any atom is 0.321 e. The third-order valence-electron chi connectivity index (χ3n) is 7.22. The fourth-order valence-corrected chi connectivity index (χ4v) is 5.20. The van der Waals surface area contributed by atoms with Crippen molar-refractivity contribution in [2.75, 3.05) is 50.0 Å². The molecule has 7 heteroatoms. The number of carbonyl (C=O) groups is 2. The molecule has 4 rings (SSSR count). The number of amides is 3. The van der Waals surface area contributed by atoms with Crippen LogP contribution in [0.15, 0.2) is 24.3 Å². The molecule has 164 valence electrons. The number of benzene rings is 1. The fourth-order valence-electron chi connectivity index (χ4n) is 5.20. The van der Waals surface area contributed by atoms with Gasteiger partial charge >= 0.3 is 6.03 Å². The quantitative estimate of drug-likeness (QED) is 0.825. The lowest BCUT2D eigenvalue weighted by molar-refractivity contribution is -0.129. The molecule has 3 aliphatic heterocycles. The molecule has 0 radical (unpaired) electrons. The molecule has 1 aromatic carbocycles. The molecule has 0 bridgehead atoms. The zero-order valence-electron chi connectivity index (χ0n) is 18.5. The SMILES string of the molecule is CC(=O)N(C)C1CCN(C(=O)Nc2ccc(N3CCC(N4CCCC4C)C3)cc2)C1. The van der Waals surface area contributed by atoms with Crippen LogP contribution >= 0.6 is 0 Å². The van der Waals surface area contributed by atoms with Gasteiger partial charge in [-0.25, -0.2) is 4.79 Å². The number of hydrogen-bond acceptors (Lipinski definition) is 4. The smallest absolute Gasteiger partial charge is 0.321 e. The average Bonchev–Trinajstić information content (AvgIpc) is 3.48. The monoisotopic (exact) mass is 413 g/mol. The molecule has 0 saturated carbocycles. The molecule has 1 N–H and O–H groups in total. The molecule has 7 nitrogen and oxygen atoms in total. The van der Waals surface area contributed by atoms with Crippen molar-refractivity contribution in [3.63, 3.8) is 0 Å². The summed E-state index contributed by atoms with van der Waals surface area (Å²) in [5.74, 6) is 0.0428. The second-order valence-corrected chi connectivity index (χ2v) is 9.11. The van der Waals surface area contributed by atoms with Crippen molar-refractivity contribution in [2.45, 2.75) is 57.7 Å². The van der Waals surface area contributed by atoms with E-state index in [0.717, 1.165) is 25.2 Å². The second kappa shape index (κ2) is 8.84. The Kier molecular flexibility index (Phi) is 6.18. The van der Waals surface area contributed by atoms with Crippen LogP contribution in [0.25, 0.3) is 0 Å². The lowest BCUT2D eigenvalue weighted by Gasteiger charge is -2.28. The Hall–Kier alpha value is -2.28. The van der Waals surface area contributed by atoms with Crippen LogP contribution in [0.4, 0.5) is 16.2 Å². The summed E-state index contributed by atoms with van der Waals surface area (Å²) < 4.78 is 0. The molecule has 3 unspecified atom stereocenters. The highest BCUT2D eigenvalue weighted by atomic mass is 16.2. The molecular weight excluding hydrogens is 378 g/mol. The normalized spacial score (nSPS) is 27.0. The number of rotatable bonds is 4. The van der Waals surface area contributed by atoms with Crippen molar-refractivity contribution < 1.29 is 9.59 Å². The number of hydrogen-bond donors (Lipinski definition) is 1. The first-order valence-corrected chi connectivity index (χ1v) is 11.3. The van der Waals surface area contributed by atoms with E-state index in [0.29, 0.717) is 25.2 Å². The highest BCUT2D eigenvalue weighted by Gasteiger charge is 2.33. The summed E-state index contributed by atoms with van der Waals surface area (Å²) in [6.07, 6.45) is 4.71. The number of likely N-dealkylation sites (tertiary alicyclic amines) is 2. The molecule has 0 spiro atoms. The van der Waals surface area contributed by atoms with Gasteiger partial charge in [0.25, 0.3) is 0 Å². The van der Waals surface area contributed by atoms with Crippen LogP contribution in [0.5, 0.6) is 0 Å². The van der Waals surface area contributed by atoms with Crippen molar-refractivity contribution in [1.82, 2.24) is 14.7 Å². The Morgan fingerprint density at radius 2 is 1.80 bits per heavy atom. The van der Waals surface area contributed by atoms with Crippen molar-refractivity contribution >= 4 is 23.3 Å². The highest BCUT2D eigenvalue weighted by molar-refractivity contribution is 5.89. The van der Waals surface area contributed by atoms with Gasteiger partial charge in [0.05, 0.1) is 6.04 Å². The highest BCUT2D eigenvalue weighted by Crippen LogP contribution is 2.29. The number of carbonyl (C=O) groups excluding carboxylic acids is 2. The van der Waals surface area contributed by atoms with Gasteiger partial charge in [-0.05, 0) is 63.4 Å². The molecule has 3 fully saturated rings. The molecule has 3 heterocycles. The van der Waals surface area contributed by atoms with Crippen LogP contribution < -0.4 is 10.2 Å². The van der Waals surface area contributed by atoms with E-state index in [1.807, 2.05) is 12.1 Å². The maximum absolute atomic E-state index is 12.6. The van der Waals surface area contributed by atoms with Crippen LogP contribution in [0, 0.1) is 0 Å². The summed E-state index contributed by atoms with van der Waals surface area (Å²) in [6, 6.07) is 9.61. The number of likely N-dealkylation sites (N-methyl/N-ethyl adjacent to an activating group) is 1. The number of urea groups is 1. The fraction of sp³-hybridized carbons (Fsp3) is 0.652. The molecule has 0 aromatic heterocycles. The van der Waals surface area contributed by atoms with Crippen molar-refractivity contribution in [1.29, 1.82) is 0 Å². The molecule has 3 atom stereocenters. The van der Waals surface area contributed by atoms with Crippen LogP contribution in [-0.4, -0.2) is 84.5 Å². The van der Waals surface area contributed by atoms with Gasteiger partial charge in [0, 0.05) is 63.6 Å². The van der Waals surface area contributed by atoms with E-state index in [2.05, 4.69) is 34.2 Å². The van der Waals surface area contributed by atoms with E-state index in [1.165, 1.54) is 31.5 Å². The van der Waals surface area contributed by atoms with Gasteiger partial charge in [0.15, 0.2) is 0 Å². The molecule has 3 aliphatic rings. The van der Waals surface area contributed by atoms with Gasteiger partial charge in [-0.2, -0.15) is 0 Å². The molecule has 3 amide bonds. The standard InChI is InChI=1S/C23H35N5O2/c1-17-5-4-12-28(17)22-11-13-26(16-22)20-8-6-19(7-9-20)24-23(30)27-14-10-21(15-27)25(3)18(2)29/h6-9,17,21-22H,4-5,10-16H2,1-3H3,(H,24,30). The first-order chi connectivity index (χ1) is 14.4. The average molecular weight is 414 g/mol. The van der Waals surface area contributed by atoms with E-state index in [9.17, 15) is 9.59 Å². The molecular formula is C23H35N5O2. The van der Waals surface area contributed by atoms with Crippen LogP contribution in [-0.2, 0) is 4.79 Å². The predicted octanol–water partition coefficient (Wildman–Crippen LogP) is 2.83. The number of nitrogens with zero attached hydrogens (tertiary/aromatic N) is 4. The Balaban J connectivity index is 1.29. The third kappa shape index (κ3) is 4.41. The van der Waals surface area contributed by atoms with Gasteiger partial charge < -0.3 is 20.0 Å².